The van der Waals surface area contributed by atoms with E-state index in [0.717, 1.165) is 29.0 Å². The smallest absolute Gasteiger partial charge is 0.148 e. The summed E-state index contributed by atoms with van der Waals surface area (Å²) in [4.78, 5) is 0. The predicted octanol–water partition coefficient (Wildman–Crippen LogP) is 2.73. The van der Waals surface area contributed by atoms with Crippen LogP contribution in [0.1, 0.15) is 51.1 Å². The minimum absolute atomic E-state index is 0.382. The zero-order valence-electron chi connectivity index (χ0n) is 11.6. The van der Waals surface area contributed by atoms with Gasteiger partial charge in [0.05, 0.1) is 11.4 Å². The Hall–Kier alpha value is -1.19. The predicted molar refractivity (Wildman–Crippen MR) is 74.6 cm³/mol. The highest BCUT2D eigenvalue weighted by Crippen LogP contribution is 2.46. The minimum Gasteiger partial charge on any atom is -0.394 e. The molecular formula is C14H24N4. The molecule has 0 saturated heterocycles. The molecule has 0 unspecified atom stereocenters. The molecule has 18 heavy (non-hydrogen) atoms. The van der Waals surface area contributed by atoms with Crippen LogP contribution in [-0.4, -0.2) is 15.8 Å². The van der Waals surface area contributed by atoms with Gasteiger partial charge < -0.3 is 11.1 Å². The van der Waals surface area contributed by atoms with Crippen molar-refractivity contribution in [3.05, 3.63) is 5.69 Å². The summed E-state index contributed by atoms with van der Waals surface area (Å²) in [6.07, 6.45) is 5.51. The molecule has 1 heterocycles. The maximum absolute atomic E-state index is 6.25. The molecule has 0 atom stereocenters. The Labute approximate surface area is 109 Å². The van der Waals surface area contributed by atoms with Crippen LogP contribution in [0.5, 0.6) is 0 Å². The standard InChI is InChI=1S/C14H24N4/c1-8(2)12-11(15)14(18(3)17-12)16-13(9-4-5-9)10-6-7-10/h8-10,13,16H,4-7,15H2,1-3H3. The van der Waals surface area contributed by atoms with E-state index < -0.39 is 0 Å². The van der Waals surface area contributed by atoms with Crippen molar-refractivity contribution in [1.82, 2.24) is 9.78 Å². The highest BCUT2D eigenvalue weighted by Gasteiger charge is 2.42. The highest BCUT2D eigenvalue weighted by atomic mass is 15.3. The van der Waals surface area contributed by atoms with Crippen LogP contribution in [0.2, 0.25) is 0 Å². The number of nitrogen functional groups attached to an aromatic ring is 1. The number of aryl methyl sites for hydroxylation is 1. The van der Waals surface area contributed by atoms with Crippen molar-refractivity contribution in [2.24, 2.45) is 18.9 Å². The fourth-order valence-corrected chi connectivity index (χ4v) is 2.85. The molecule has 4 nitrogen and oxygen atoms in total. The van der Waals surface area contributed by atoms with Crippen LogP contribution in [-0.2, 0) is 7.05 Å². The van der Waals surface area contributed by atoms with E-state index in [4.69, 9.17) is 5.73 Å². The number of aromatic nitrogens is 2. The Morgan fingerprint density at radius 1 is 1.22 bits per heavy atom. The number of hydrogen-bond acceptors (Lipinski definition) is 3. The van der Waals surface area contributed by atoms with Crippen LogP contribution >= 0.6 is 0 Å². The Balaban J connectivity index is 1.82. The normalized spacial score (nSPS) is 19.8. The summed E-state index contributed by atoms with van der Waals surface area (Å²) in [6.45, 7) is 4.28. The summed E-state index contributed by atoms with van der Waals surface area (Å²) in [5.74, 6) is 3.15. The topological polar surface area (TPSA) is 55.9 Å². The lowest BCUT2D eigenvalue weighted by atomic mass is 10.1. The first-order valence-corrected chi connectivity index (χ1v) is 7.16. The fraction of sp³-hybridized carbons (Fsp3) is 0.786. The summed E-state index contributed by atoms with van der Waals surface area (Å²) < 4.78 is 1.92. The molecule has 2 fully saturated rings. The zero-order valence-corrected chi connectivity index (χ0v) is 11.6. The van der Waals surface area contributed by atoms with Crippen molar-refractivity contribution < 1.29 is 0 Å². The molecule has 3 rings (SSSR count). The van der Waals surface area contributed by atoms with Gasteiger partial charge in [-0.1, -0.05) is 13.8 Å². The third-order valence-corrected chi connectivity index (χ3v) is 4.22. The van der Waals surface area contributed by atoms with Crippen LogP contribution in [0.15, 0.2) is 0 Å². The molecule has 2 aliphatic carbocycles. The highest BCUT2D eigenvalue weighted by molar-refractivity contribution is 5.66. The molecule has 0 aliphatic heterocycles. The van der Waals surface area contributed by atoms with E-state index in [1.54, 1.807) is 0 Å². The van der Waals surface area contributed by atoms with Gasteiger partial charge in [0.2, 0.25) is 0 Å². The lowest BCUT2D eigenvalue weighted by Gasteiger charge is -2.19. The van der Waals surface area contributed by atoms with Crippen molar-refractivity contribution >= 4 is 11.5 Å². The average molecular weight is 248 g/mol. The summed E-state index contributed by atoms with van der Waals surface area (Å²) in [5, 5.41) is 8.24. The number of hydrogen-bond donors (Lipinski definition) is 2. The fourth-order valence-electron chi connectivity index (χ4n) is 2.85. The first-order valence-electron chi connectivity index (χ1n) is 7.16. The first-order chi connectivity index (χ1) is 8.58. The van der Waals surface area contributed by atoms with Gasteiger partial charge in [0.15, 0.2) is 0 Å². The van der Waals surface area contributed by atoms with E-state index >= 15 is 0 Å². The van der Waals surface area contributed by atoms with Gasteiger partial charge in [0, 0.05) is 13.1 Å². The molecule has 4 heteroatoms. The molecular weight excluding hydrogens is 224 g/mol. The number of nitrogens with one attached hydrogen (secondary N) is 1. The largest absolute Gasteiger partial charge is 0.394 e. The minimum atomic E-state index is 0.382. The Bertz CT molecular complexity index is 429. The lowest BCUT2D eigenvalue weighted by molar-refractivity contribution is 0.559. The third-order valence-electron chi connectivity index (χ3n) is 4.22. The van der Waals surface area contributed by atoms with Gasteiger partial charge in [0.1, 0.15) is 5.82 Å². The Morgan fingerprint density at radius 2 is 1.78 bits per heavy atom. The SMILES string of the molecule is CC(C)c1nn(C)c(NC(C2CC2)C2CC2)c1N. The van der Waals surface area contributed by atoms with Crippen LogP contribution in [0.4, 0.5) is 11.5 Å². The second-order valence-electron chi connectivity index (χ2n) is 6.27. The van der Waals surface area contributed by atoms with E-state index in [2.05, 4.69) is 24.3 Å². The second-order valence-corrected chi connectivity index (χ2v) is 6.27. The van der Waals surface area contributed by atoms with E-state index in [0.29, 0.717) is 12.0 Å². The quantitative estimate of drug-likeness (QED) is 0.842. The van der Waals surface area contributed by atoms with Gasteiger partial charge in [-0.25, -0.2) is 0 Å². The van der Waals surface area contributed by atoms with E-state index in [1.165, 1.54) is 25.7 Å². The van der Waals surface area contributed by atoms with Gasteiger partial charge in [-0.15, -0.1) is 0 Å². The van der Waals surface area contributed by atoms with Gasteiger partial charge in [-0.3, -0.25) is 4.68 Å². The van der Waals surface area contributed by atoms with Gasteiger partial charge in [-0.2, -0.15) is 5.10 Å². The summed E-state index contributed by atoms with van der Waals surface area (Å²) in [7, 11) is 1.99. The lowest BCUT2D eigenvalue weighted by Crippen LogP contribution is -2.26. The number of rotatable bonds is 5. The Kier molecular flexibility index (Phi) is 2.76. The van der Waals surface area contributed by atoms with Crippen molar-refractivity contribution in [2.45, 2.75) is 51.5 Å². The van der Waals surface area contributed by atoms with Crippen molar-refractivity contribution in [2.75, 3.05) is 11.1 Å². The van der Waals surface area contributed by atoms with E-state index in [1.807, 2.05) is 11.7 Å². The first kappa shape index (κ1) is 11.9. The summed E-state index contributed by atoms with van der Waals surface area (Å²) >= 11 is 0. The molecule has 1 aromatic heterocycles. The van der Waals surface area contributed by atoms with E-state index in [9.17, 15) is 0 Å². The molecule has 0 radical (unpaired) electrons. The van der Waals surface area contributed by atoms with Crippen molar-refractivity contribution in [3.63, 3.8) is 0 Å². The molecule has 100 valence electrons. The molecule has 0 amide bonds. The van der Waals surface area contributed by atoms with E-state index in [-0.39, 0.29) is 0 Å². The van der Waals surface area contributed by atoms with Gasteiger partial charge in [-0.05, 0) is 43.4 Å². The van der Waals surface area contributed by atoms with Crippen molar-refractivity contribution in [1.29, 1.82) is 0 Å². The Morgan fingerprint density at radius 3 is 2.17 bits per heavy atom. The molecule has 0 bridgehead atoms. The van der Waals surface area contributed by atoms with Crippen LogP contribution in [0, 0.1) is 11.8 Å². The van der Waals surface area contributed by atoms with Crippen LogP contribution in [0.25, 0.3) is 0 Å². The number of nitrogens with zero attached hydrogens (tertiary/aromatic N) is 2. The maximum Gasteiger partial charge on any atom is 0.148 e. The van der Waals surface area contributed by atoms with Crippen LogP contribution in [0.3, 0.4) is 0 Å². The molecule has 3 N–H and O–H groups in total. The van der Waals surface area contributed by atoms with Gasteiger partial charge in [0.25, 0.3) is 0 Å². The van der Waals surface area contributed by atoms with Crippen molar-refractivity contribution in [3.8, 4) is 0 Å². The molecule has 2 saturated carbocycles. The number of nitrogens with two attached hydrogens (primary N) is 1. The van der Waals surface area contributed by atoms with Gasteiger partial charge >= 0.3 is 0 Å². The summed E-state index contributed by atoms with van der Waals surface area (Å²) in [6, 6.07) is 0.628. The molecule has 0 aromatic carbocycles. The number of anilines is 2. The zero-order chi connectivity index (χ0) is 12.9. The molecule has 2 aliphatic rings. The molecule has 1 aromatic rings. The third kappa shape index (κ3) is 2.08. The second kappa shape index (κ2) is 4.18. The van der Waals surface area contributed by atoms with Crippen LogP contribution < -0.4 is 11.1 Å². The summed E-state index contributed by atoms with van der Waals surface area (Å²) in [5.41, 5.74) is 8.11. The monoisotopic (exact) mass is 248 g/mol. The maximum atomic E-state index is 6.25. The molecule has 0 spiro atoms. The average Bonchev–Trinajstić information content (AvgIpc) is 3.18.